The van der Waals surface area contributed by atoms with Gasteiger partial charge in [0.25, 0.3) is 11.5 Å². The Balaban J connectivity index is 1.46. The molecule has 7 heteroatoms. The van der Waals surface area contributed by atoms with Gasteiger partial charge < -0.3 is 4.90 Å². The van der Waals surface area contributed by atoms with Crippen molar-refractivity contribution in [3.63, 3.8) is 0 Å². The lowest BCUT2D eigenvalue weighted by Gasteiger charge is -2.31. The van der Waals surface area contributed by atoms with Gasteiger partial charge >= 0.3 is 0 Å². The second-order valence-electron chi connectivity index (χ2n) is 7.06. The van der Waals surface area contributed by atoms with E-state index in [0.29, 0.717) is 29.6 Å². The third kappa shape index (κ3) is 2.88. The van der Waals surface area contributed by atoms with Crippen LogP contribution < -0.4 is 5.56 Å². The summed E-state index contributed by atoms with van der Waals surface area (Å²) in [6, 6.07) is 15.2. The van der Waals surface area contributed by atoms with E-state index >= 15 is 0 Å². The van der Waals surface area contributed by atoms with E-state index in [0.717, 1.165) is 23.4 Å². The summed E-state index contributed by atoms with van der Waals surface area (Å²) in [4.78, 5) is 31.8. The summed E-state index contributed by atoms with van der Waals surface area (Å²) in [6.45, 7) is 1.31. The van der Waals surface area contributed by atoms with Gasteiger partial charge in [-0.2, -0.15) is 5.10 Å². The molecule has 28 heavy (non-hydrogen) atoms. The number of hydrogen-bond acceptors (Lipinski definition) is 5. The molecule has 2 aromatic carbocycles. The van der Waals surface area contributed by atoms with Gasteiger partial charge in [0.15, 0.2) is 5.69 Å². The average molecular weight is 390 g/mol. The molecular formula is C21H18N4O2S. The first-order chi connectivity index (χ1) is 13.7. The van der Waals surface area contributed by atoms with E-state index in [1.54, 1.807) is 29.5 Å². The van der Waals surface area contributed by atoms with Crippen LogP contribution in [0.4, 0.5) is 0 Å². The first-order valence-corrected chi connectivity index (χ1v) is 10.1. The highest BCUT2D eigenvalue weighted by Crippen LogP contribution is 2.33. The lowest BCUT2D eigenvalue weighted by Crippen LogP contribution is -2.40. The number of rotatable bonds is 2. The zero-order valence-corrected chi connectivity index (χ0v) is 15.9. The summed E-state index contributed by atoms with van der Waals surface area (Å²) in [5.41, 5.74) is 1.04. The van der Waals surface area contributed by atoms with E-state index in [4.69, 9.17) is 4.98 Å². The first-order valence-electron chi connectivity index (χ1n) is 9.33. The molecule has 0 spiro atoms. The molecule has 0 saturated carbocycles. The lowest BCUT2D eigenvalue weighted by molar-refractivity contribution is 0.0702. The minimum atomic E-state index is -0.279. The van der Waals surface area contributed by atoms with E-state index in [2.05, 4.69) is 16.3 Å². The van der Waals surface area contributed by atoms with Gasteiger partial charge in [-0.15, -0.1) is 11.3 Å². The van der Waals surface area contributed by atoms with Crippen LogP contribution in [0, 0.1) is 0 Å². The summed E-state index contributed by atoms with van der Waals surface area (Å²) in [7, 11) is 0. The molecule has 1 fully saturated rings. The molecule has 0 bridgehead atoms. The van der Waals surface area contributed by atoms with Gasteiger partial charge in [-0.25, -0.2) is 10.1 Å². The molecule has 1 saturated heterocycles. The first kappa shape index (κ1) is 17.1. The second-order valence-corrected chi connectivity index (χ2v) is 8.12. The van der Waals surface area contributed by atoms with Crippen molar-refractivity contribution in [1.29, 1.82) is 0 Å². The minimum Gasteiger partial charge on any atom is -0.337 e. The number of H-pyrrole nitrogens is 1. The minimum absolute atomic E-state index is 0.140. The Morgan fingerprint density at radius 2 is 1.89 bits per heavy atom. The van der Waals surface area contributed by atoms with Crippen molar-refractivity contribution in [3.05, 3.63) is 69.6 Å². The van der Waals surface area contributed by atoms with Crippen LogP contribution in [0.2, 0.25) is 0 Å². The topological polar surface area (TPSA) is 79.0 Å². The predicted octanol–water partition coefficient (Wildman–Crippen LogP) is 3.55. The second kappa shape index (κ2) is 6.83. The Morgan fingerprint density at radius 3 is 2.75 bits per heavy atom. The molecule has 6 nitrogen and oxygen atoms in total. The number of carbonyl (C=O) groups is 1. The number of benzene rings is 2. The van der Waals surface area contributed by atoms with Crippen molar-refractivity contribution in [2.75, 3.05) is 13.1 Å². The SMILES string of the molecule is O=C(c1n[nH]c(=O)c2ccccc12)N1CCCC(c2nc3ccccc3s2)C1. The van der Waals surface area contributed by atoms with Gasteiger partial charge in [0.05, 0.1) is 20.6 Å². The maximum Gasteiger partial charge on any atom is 0.274 e. The Hall–Kier alpha value is -3.06. The molecule has 1 unspecified atom stereocenters. The van der Waals surface area contributed by atoms with Gasteiger partial charge in [-0.05, 0) is 31.0 Å². The number of para-hydroxylation sites is 1. The molecule has 1 amide bonds. The van der Waals surface area contributed by atoms with Crippen LogP contribution in [-0.4, -0.2) is 39.1 Å². The summed E-state index contributed by atoms with van der Waals surface area (Å²) in [5.74, 6) is 0.0855. The van der Waals surface area contributed by atoms with Gasteiger partial charge in [-0.1, -0.05) is 30.3 Å². The Bertz CT molecular complexity index is 1210. The van der Waals surface area contributed by atoms with Crippen molar-refractivity contribution >= 4 is 38.2 Å². The molecule has 3 heterocycles. The molecule has 1 aliphatic rings. The normalized spacial score (nSPS) is 17.3. The maximum atomic E-state index is 13.2. The van der Waals surface area contributed by atoms with Crippen molar-refractivity contribution in [3.8, 4) is 0 Å². The molecule has 0 radical (unpaired) electrons. The number of thiazole rings is 1. The van der Waals surface area contributed by atoms with Crippen LogP contribution in [-0.2, 0) is 0 Å². The Morgan fingerprint density at radius 1 is 1.11 bits per heavy atom. The van der Waals surface area contributed by atoms with Crippen molar-refractivity contribution in [1.82, 2.24) is 20.1 Å². The molecule has 1 N–H and O–H groups in total. The fourth-order valence-electron chi connectivity index (χ4n) is 3.86. The summed E-state index contributed by atoms with van der Waals surface area (Å²) in [6.07, 6.45) is 1.94. The van der Waals surface area contributed by atoms with Crippen molar-refractivity contribution in [2.45, 2.75) is 18.8 Å². The smallest absolute Gasteiger partial charge is 0.274 e. The summed E-state index contributed by atoms with van der Waals surface area (Å²) in [5, 5.41) is 8.70. The van der Waals surface area contributed by atoms with Crippen LogP contribution >= 0.6 is 11.3 Å². The molecule has 2 aromatic heterocycles. The maximum absolute atomic E-state index is 13.2. The monoisotopic (exact) mass is 390 g/mol. The number of piperidine rings is 1. The summed E-state index contributed by atoms with van der Waals surface area (Å²) < 4.78 is 1.18. The van der Waals surface area contributed by atoms with Crippen molar-refractivity contribution in [2.24, 2.45) is 0 Å². The van der Waals surface area contributed by atoms with Crippen LogP contribution in [0.25, 0.3) is 21.0 Å². The number of amides is 1. The molecule has 1 aliphatic heterocycles. The molecule has 5 rings (SSSR count). The third-order valence-corrected chi connectivity index (χ3v) is 6.47. The number of fused-ring (bicyclic) bond motifs is 2. The highest BCUT2D eigenvalue weighted by molar-refractivity contribution is 7.18. The third-order valence-electron chi connectivity index (χ3n) is 5.27. The molecule has 4 aromatic rings. The largest absolute Gasteiger partial charge is 0.337 e. The van der Waals surface area contributed by atoms with Gasteiger partial charge in [0.2, 0.25) is 0 Å². The van der Waals surface area contributed by atoms with Crippen LogP contribution in [0.3, 0.4) is 0 Å². The number of nitrogens with one attached hydrogen (secondary N) is 1. The number of aromatic nitrogens is 3. The molecule has 140 valence electrons. The van der Waals surface area contributed by atoms with E-state index in [-0.39, 0.29) is 17.4 Å². The highest BCUT2D eigenvalue weighted by Gasteiger charge is 2.29. The van der Waals surface area contributed by atoms with E-state index in [1.807, 2.05) is 29.2 Å². The quantitative estimate of drug-likeness (QED) is 0.568. The van der Waals surface area contributed by atoms with E-state index in [1.165, 1.54) is 4.70 Å². The zero-order chi connectivity index (χ0) is 19.1. The summed E-state index contributed by atoms with van der Waals surface area (Å²) >= 11 is 1.71. The molecule has 1 atom stereocenters. The highest BCUT2D eigenvalue weighted by atomic mass is 32.1. The number of hydrogen-bond donors (Lipinski definition) is 1. The van der Waals surface area contributed by atoms with Crippen LogP contribution in [0.1, 0.15) is 34.3 Å². The van der Waals surface area contributed by atoms with Crippen LogP contribution in [0.5, 0.6) is 0 Å². The average Bonchev–Trinajstić information content (AvgIpc) is 3.18. The fourth-order valence-corrected chi connectivity index (χ4v) is 4.95. The van der Waals surface area contributed by atoms with E-state index in [9.17, 15) is 9.59 Å². The van der Waals surface area contributed by atoms with Gasteiger partial charge in [-0.3, -0.25) is 9.59 Å². The zero-order valence-electron chi connectivity index (χ0n) is 15.1. The number of nitrogens with zero attached hydrogens (tertiary/aromatic N) is 3. The van der Waals surface area contributed by atoms with Crippen molar-refractivity contribution < 1.29 is 4.79 Å². The predicted molar refractivity (Wildman–Crippen MR) is 110 cm³/mol. The fraction of sp³-hybridized carbons (Fsp3) is 0.238. The molecule has 0 aliphatic carbocycles. The van der Waals surface area contributed by atoms with Gasteiger partial charge in [0, 0.05) is 24.4 Å². The molecular weight excluding hydrogens is 372 g/mol. The Labute approximate surface area is 164 Å². The lowest BCUT2D eigenvalue weighted by atomic mass is 9.98. The standard InChI is InChI=1S/C21H18N4O2S/c26-19-15-8-2-1-7-14(15)18(23-24-19)21(27)25-11-5-6-13(12-25)20-22-16-9-3-4-10-17(16)28-20/h1-4,7-10,13H,5-6,11-12H2,(H,24,26). The van der Waals surface area contributed by atoms with Crippen LogP contribution in [0.15, 0.2) is 53.3 Å². The number of carbonyl (C=O) groups excluding carboxylic acids is 1. The Kier molecular flexibility index (Phi) is 4.16. The number of likely N-dealkylation sites (tertiary alicyclic amines) is 1. The number of aromatic amines is 1. The van der Waals surface area contributed by atoms with Gasteiger partial charge in [0.1, 0.15) is 0 Å². The van der Waals surface area contributed by atoms with E-state index < -0.39 is 0 Å².